The third-order valence-electron chi connectivity index (χ3n) is 2.40. The Labute approximate surface area is 108 Å². The van der Waals surface area contributed by atoms with Gasteiger partial charge in [-0.2, -0.15) is 0 Å². The van der Waals surface area contributed by atoms with Crippen molar-refractivity contribution < 1.29 is 0 Å². The molecule has 0 fully saturated rings. The van der Waals surface area contributed by atoms with E-state index in [1.54, 1.807) is 19.5 Å². The molecule has 0 amide bonds. The van der Waals surface area contributed by atoms with Crippen molar-refractivity contribution in [1.82, 2.24) is 4.90 Å². The van der Waals surface area contributed by atoms with E-state index in [4.69, 9.17) is 0 Å². The third kappa shape index (κ3) is 12.8. The zero-order valence-corrected chi connectivity index (χ0v) is 19.1. The van der Waals surface area contributed by atoms with E-state index in [1.807, 2.05) is 0 Å². The van der Waals surface area contributed by atoms with Crippen LogP contribution in [-0.4, -0.2) is 60.2 Å². The van der Waals surface area contributed by atoms with Crippen molar-refractivity contribution >= 4 is 36.6 Å². The Kier molecular flexibility index (Phi) is 13.7. The third-order valence-corrected chi connectivity index (χ3v) is 42.4. The number of hydrogen-bond donors (Lipinski definition) is 0. The fourth-order valence-electron chi connectivity index (χ4n) is 1.44. The van der Waals surface area contributed by atoms with Gasteiger partial charge in [0.1, 0.15) is 0 Å². The van der Waals surface area contributed by atoms with Gasteiger partial charge in [0.15, 0.2) is 0 Å². The molecule has 0 aliphatic rings. The SMILES string of the molecule is CC(C)CN(C(C)C)C(C)C.[SiH3][SiH2][SiH2][SiH3]. The van der Waals surface area contributed by atoms with Crippen LogP contribution >= 0.6 is 0 Å². The fourth-order valence-corrected chi connectivity index (χ4v) is 1.44. The largest absolute Gasteiger partial charge is 0.298 e. The topological polar surface area (TPSA) is 3.24 Å². The van der Waals surface area contributed by atoms with Crippen molar-refractivity contribution in [3.63, 3.8) is 0 Å². The molecule has 0 heterocycles. The van der Waals surface area contributed by atoms with Gasteiger partial charge in [-0.15, -0.1) is 0 Å². The van der Waals surface area contributed by atoms with Crippen LogP contribution in [0.4, 0.5) is 0 Å². The molecule has 0 unspecified atom stereocenters. The summed E-state index contributed by atoms with van der Waals surface area (Å²) in [6.07, 6.45) is 0. The lowest BCUT2D eigenvalue weighted by molar-refractivity contribution is 0.155. The van der Waals surface area contributed by atoms with E-state index in [0.29, 0.717) is 12.1 Å². The van der Waals surface area contributed by atoms with E-state index in [1.165, 1.54) is 6.54 Å². The summed E-state index contributed by atoms with van der Waals surface area (Å²) in [5.41, 5.74) is 0. The van der Waals surface area contributed by atoms with E-state index in [0.717, 1.165) is 23.0 Å². The first kappa shape index (κ1) is 18.2. The van der Waals surface area contributed by atoms with Crippen LogP contribution in [-0.2, 0) is 0 Å². The molecule has 0 aliphatic heterocycles. The van der Waals surface area contributed by atoms with Gasteiger partial charge in [-0.25, -0.2) is 0 Å². The molecule has 0 radical (unpaired) electrons. The van der Waals surface area contributed by atoms with Gasteiger partial charge in [0, 0.05) is 18.6 Å². The lowest BCUT2D eigenvalue weighted by atomic mass is 10.1. The first-order valence-corrected chi connectivity index (χ1v) is 21.9. The Balaban J connectivity index is 0. The molecule has 0 saturated heterocycles. The maximum Gasteiger partial charge on any atom is 0.00414 e. The lowest BCUT2D eigenvalue weighted by Gasteiger charge is -2.31. The Morgan fingerprint density at radius 3 is 1.27 bits per heavy atom. The molecule has 0 aromatic carbocycles. The van der Waals surface area contributed by atoms with Gasteiger partial charge >= 0.3 is 0 Å². The van der Waals surface area contributed by atoms with Crippen molar-refractivity contribution in [3.8, 4) is 0 Å². The minimum Gasteiger partial charge on any atom is -0.298 e. The van der Waals surface area contributed by atoms with Crippen molar-refractivity contribution in [2.24, 2.45) is 5.92 Å². The molecular formula is C10H33NSi4. The Hall–Kier alpha value is 0.828. The number of nitrogens with zero attached hydrogens (tertiary/aromatic N) is 1. The molecular weight excluding hydrogens is 246 g/mol. The molecule has 5 heteroatoms. The molecule has 94 valence electrons. The van der Waals surface area contributed by atoms with Gasteiger partial charge in [0.2, 0.25) is 0 Å². The van der Waals surface area contributed by atoms with Crippen LogP contribution in [0.15, 0.2) is 0 Å². The van der Waals surface area contributed by atoms with E-state index < -0.39 is 0 Å². The molecule has 0 spiro atoms. The lowest BCUT2D eigenvalue weighted by Crippen LogP contribution is -2.39. The quantitative estimate of drug-likeness (QED) is 0.558. The van der Waals surface area contributed by atoms with Crippen molar-refractivity contribution in [2.45, 2.75) is 53.6 Å². The summed E-state index contributed by atoms with van der Waals surface area (Å²) in [6.45, 7) is 14.8. The van der Waals surface area contributed by atoms with Crippen molar-refractivity contribution in [3.05, 3.63) is 0 Å². The average molecular weight is 280 g/mol. The summed E-state index contributed by atoms with van der Waals surface area (Å²) in [6, 6.07) is 1.36. The number of rotatable bonds is 5. The molecule has 0 aromatic rings. The summed E-state index contributed by atoms with van der Waals surface area (Å²) in [5.74, 6) is 0.778. The average Bonchev–Trinajstić information content (AvgIpc) is 2.13. The van der Waals surface area contributed by atoms with Crippen LogP contribution in [0.5, 0.6) is 0 Å². The summed E-state index contributed by atoms with van der Waals surface area (Å²) in [4.78, 5) is 2.53. The predicted molar refractivity (Wildman–Crippen MR) is 88.8 cm³/mol. The van der Waals surface area contributed by atoms with Gasteiger partial charge in [-0.05, 0) is 70.2 Å². The summed E-state index contributed by atoms with van der Waals surface area (Å²) >= 11 is 0. The highest BCUT2D eigenvalue weighted by Gasteiger charge is 2.13. The first-order chi connectivity index (χ1) is 6.86. The van der Waals surface area contributed by atoms with Crippen molar-refractivity contribution in [2.75, 3.05) is 6.54 Å². The minimum absolute atomic E-state index is 0.678. The van der Waals surface area contributed by atoms with Crippen LogP contribution in [0.3, 0.4) is 0 Å². The van der Waals surface area contributed by atoms with E-state index in [-0.39, 0.29) is 0 Å². The Morgan fingerprint density at radius 1 is 0.867 bits per heavy atom. The van der Waals surface area contributed by atoms with Crippen LogP contribution in [0, 0.1) is 5.92 Å². The smallest absolute Gasteiger partial charge is 0.00414 e. The molecule has 0 rings (SSSR count). The zero-order chi connectivity index (χ0) is 12.4. The van der Waals surface area contributed by atoms with Crippen LogP contribution in [0.2, 0.25) is 0 Å². The molecule has 0 atom stereocenters. The summed E-state index contributed by atoms with van der Waals surface area (Å²) in [5, 5.41) is 0. The second-order valence-electron chi connectivity index (χ2n) is 5.28. The molecule has 15 heavy (non-hydrogen) atoms. The van der Waals surface area contributed by atoms with E-state index in [2.05, 4.69) is 46.4 Å². The minimum atomic E-state index is 0.678. The summed E-state index contributed by atoms with van der Waals surface area (Å²) in [7, 11) is 4.78. The molecule has 0 bridgehead atoms. The molecule has 0 N–H and O–H groups in total. The Bertz CT molecular complexity index is 119. The van der Waals surface area contributed by atoms with E-state index >= 15 is 0 Å². The highest BCUT2D eigenvalue weighted by molar-refractivity contribution is 7.37. The predicted octanol–water partition coefficient (Wildman–Crippen LogP) is -1.44. The highest BCUT2D eigenvalue weighted by Crippen LogP contribution is 2.08. The van der Waals surface area contributed by atoms with E-state index in [9.17, 15) is 0 Å². The maximum atomic E-state index is 2.53. The van der Waals surface area contributed by atoms with Gasteiger partial charge in [-0.1, -0.05) is 13.8 Å². The fraction of sp³-hybridized carbons (Fsp3) is 1.00. The molecule has 0 saturated carbocycles. The monoisotopic (exact) mass is 279 g/mol. The zero-order valence-electron chi connectivity index (χ0n) is 12.3. The van der Waals surface area contributed by atoms with Crippen molar-refractivity contribution in [1.29, 1.82) is 0 Å². The maximum absolute atomic E-state index is 2.53. The highest BCUT2D eigenvalue weighted by atomic mass is 29.7. The molecule has 0 aliphatic carbocycles. The van der Waals surface area contributed by atoms with Gasteiger partial charge in [0.05, 0.1) is 0 Å². The van der Waals surface area contributed by atoms with Crippen LogP contribution in [0.25, 0.3) is 0 Å². The number of hydrogen-bond acceptors (Lipinski definition) is 1. The van der Waals surface area contributed by atoms with Crippen LogP contribution < -0.4 is 0 Å². The second kappa shape index (κ2) is 11.3. The van der Waals surface area contributed by atoms with Gasteiger partial charge in [-0.3, -0.25) is 4.90 Å². The Morgan fingerprint density at radius 2 is 1.20 bits per heavy atom. The van der Waals surface area contributed by atoms with Gasteiger partial charge < -0.3 is 0 Å². The molecule has 0 aromatic heterocycles. The van der Waals surface area contributed by atoms with Crippen LogP contribution in [0.1, 0.15) is 41.5 Å². The normalized spacial score (nSPS) is 13.2. The second-order valence-corrected chi connectivity index (χ2v) is 31.3. The van der Waals surface area contributed by atoms with Gasteiger partial charge in [0.25, 0.3) is 0 Å². The summed E-state index contributed by atoms with van der Waals surface area (Å²) < 4.78 is 0. The molecule has 1 nitrogen and oxygen atoms in total. The standard InChI is InChI=1S/C10H23N.H10Si4/c1-8(2)7-11(9(3)4)10(5)6;1-3-4-2/h8-10H,7H2,1-6H3;3-4H2,1-2H3. The first-order valence-electron chi connectivity index (χ1n) is 6.62.